The number of hydrogen-bond donors (Lipinski definition) is 1. The van der Waals surface area contributed by atoms with Gasteiger partial charge in [0, 0.05) is 33.3 Å². The molecule has 128 valence electrons. The number of rotatable bonds is 5. The molecular formula is C16H24ClN3O3. The Morgan fingerprint density at radius 3 is 2.26 bits per heavy atom. The van der Waals surface area contributed by atoms with Crippen molar-refractivity contribution in [1.82, 2.24) is 9.80 Å². The molecule has 1 heterocycles. The molecular weight excluding hydrogens is 318 g/mol. The van der Waals surface area contributed by atoms with Gasteiger partial charge in [0.1, 0.15) is 6.61 Å². The van der Waals surface area contributed by atoms with Crippen molar-refractivity contribution in [3.63, 3.8) is 0 Å². The van der Waals surface area contributed by atoms with Gasteiger partial charge in [0.2, 0.25) is 11.8 Å². The van der Waals surface area contributed by atoms with Crippen LogP contribution < -0.4 is 5.73 Å². The zero-order chi connectivity index (χ0) is 15.9. The lowest BCUT2D eigenvalue weighted by Crippen LogP contribution is -2.55. The monoisotopic (exact) mass is 341 g/mol. The number of ether oxygens (including phenoxy) is 1. The number of carbonyl (C=O) groups excluding carboxylic acids is 2. The third-order valence-electron chi connectivity index (χ3n) is 3.83. The van der Waals surface area contributed by atoms with Gasteiger partial charge in [-0.05, 0) is 12.0 Å². The van der Waals surface area contributed by atoms with Crippen LogP contribution in [0.4, 0.5) is 0 Å². The van der Waals surface area contributed by atoms with E-state index in [0.29, 0.717) is 32.6 Å². The van der Waals surface area contributed by atoms with Gasteiger partial charge in [-0.1, -0.05) is 30.3 Å². The van der Waals surface area contributed by atoms with Crippen molar-refractivity contribution in [2.75, 3.05) is 39.9 Å². The molecule has 2 N–H and O–H groups in total. The summed E-state index contributed by atoms with van der Waals surface area (Å²) in [7, 11) is 1.50. The molecule has 6 nitrogen and oxygen atoms in total. The Hall–Kier alpha value is -1.63. The zero-order valence-electron chi connectivity index (χ0n) is 13.3. The molecule has 7 heteroatoms. The van der Waals surface area contributed by atoms with E-state index < -0.39 is 6.04 Å². The Morgan fingerprint density at radius 2 is 1.70 bits per heavy atom. The first-order chi connectivity index (χ1) is 10.6. The van der Waals surface area contributed by atoms with Crippen molar-refractivity contribution in [3.05, 3.63) is 35.9 Å². The van der Waals surface area contributed by atoms with Gasteiger partial charge in [-0.15, -0.1) is 12.4 Å². The molecule has 0 aliphatic carbocycles. The number of halogens is 1. The van der Waals surface area contributed by atoms with Crippen LogP contribution in [0.3, 0.4) is 0 Å². The first-order valence-electron chi connectivity index (χ1n) is 7.47. The molecule has 2 amide bonds. The summed E-state index contributed by atoms with van der Waals surface area (Å²) in [5.41, 5.74) is 7.08. The smallest absolute Gasteiger partial charge is 0.248 e. The van der Waals surface area contributed by atoms with Crippen LogP contribution in [0.5, 0.6) is 0 Å². The molecule has 1 aromatic carbocycles. The van der Waals surface area contributed by atoms with Gasteiger partial charge >= 0.3 is 0 Å². The van der Waals surface area contributed by atoms with E-state index in [9.17, 15) is 9.59 Å². The molecule has 1 saturated heterocycles. The number of nitrogens with two attached hydrogens (primary N) is 1. The van der Waals surface area contributed by atoms with E-state index >= 15 is 0 Å². The highest BCUT2D eigenvalue weighted by Crippen LogP contribution is 2.08. The Labute approximate surface area is 143 Å². The van der Waals surface area contributed by atoms with E-state index in [1.807, 2.05) is 30.3 Å². The SMILES string of the molecule is COCC(=O)N1CCN(C(=O)[C@@H](N)Cc2ccccc2)CC1.Cl. The number of methoxy groups -OCH3 is 1. The van der Waals surface area contributed by atoms with Crippen molar-refractivity contribution in [2.24, 2.45) is 5.73 Å². The van der Waals surface area contributed by atoms with Crippen molar-refractivity contribution in [1.29, 1.82) is 0 Å². The quantitative estimate of drug-likeness (QED) is 0.835. The van der Waals surface area contributed by atoms with Crippen LogP contribution in [-0.4, -0.2) is 67.6 Å². The second kappa shape index (κ2) is 9.50. The molecule has 0 spiro atoms. The fourth-order valence-corrected chi connectivity index (χ4v) is 2.58. The molecule has 2 rings (SSSR count). The van der Waals surface area contributed by atoms with Gasteiger partial charge in [-0.2, -0.15) is 0 Å². The predicted molar refractivity (Wildman–Crippen MR) is 90.4 cm³/mol. The molecule has 0 aromatic heterocycles. The van der Waals surface area contributed by atoms with Crippen molar-refractivity contribution >= 4 is 24.2 Å². The van der Waals surface area contributed by atoms with Gasteiger partial charge in [0.05, 0.1) is 6.04 Å². The molecule has 1 aliphatic heterocycles. The van der Waals surface area contributed by atoms with Crippen LogP contribution in [0.2, 0.25) is 0 Å². The average molecular weight is 342 g/mol. The lowest BCUT2D eigenvalue weighted by molar-refractivity contribution is -0.142. The van der Waals surface area contributed by atoms with Crippen LogP contribution in [-0.2, 0) is 20.7 Å². The summed E-state index contributed by atoms with van der Waals surface area (Å²) in [6.45, 7) is 2.20. The third kappa shape index (κ3) is 5.49. The number of benzene rings is 1. The highest BCUT2D eigenvalue weighted by Gasteiger charge is 2.27. The summed E-state index contributed by atoms with van der Waals surface area (Å²) in [6, 6.07) is 9.21. The van der Waals surface area contributed by atoms with E-state index in [-0.39, 0.29) is 30.8 Å². The molecule has 1 fully saturated rings. The maximum atomic E-state index is 12.4. The summed E-state index contributed by atoms with van der Waals surface area (Å²) >= 11 is 0. The van der Waals surface area contributed by atoms with Crippen LogP contribution >= 0.6 is 12.4 Å². The number of carbonyl (C=O) groups is 2. The molecule has 1 aromatic rings. The minimum atomic E-state index is -0.538. The molecule has 0 radical (unpaired) electrons. The number of hydrogen-bond acceptors (Lipinski definition) is 4. The molecule has 1 atom stereocenters. The maximum Gasteiger partial charge on any atom is 0.248 e. The molecule has 0 unspecified atom stereocenters. The molecule has 0 saturated carbocycles. The van der Waals surface area contributed by atoms with Crippen molar-refractivity contribution < 1.29 is 14.3 Å². The molecule has 23 heavy (non-hydrogen) atoms. The summed E-state index contributed by atoms with van der Waals surface area (Å²) in [5, 5.41) is 0. The van der Waals surface area contributed by atoms with Crippen molar-refractivity contribution in [2.45, 2.75) is 12.5 Å². The van der Waals surface area contributed by atoms with Crippen LogP contribution in [0, 0.1) is 0 Å². The lowest BCUT2D eigenvalue weighted by Gasteiger charge is -2.35. The first-order valence-corrected chi connectivity index (χ1v) is 7.47. The van der Waals surface area contributed by atoms with E-state index in [0.717, 1.165) is 5.56 Å². The lowest BCUT2D eigenvalue weighted by atomic mass is 10.1. The van der Waals surface area contributed by atoms with Gasteiger partial charge in [0.25, 0.3) is 0 Å². The Balaban J connectivity index is 0.00000264. The summed E-state index contributed by atoms with van der Waals surface area (Å²) < 4.78 is 4.84. The summed E-state index contributed by atoms with van der Waals surface area (Å²) in [4.78, 5) is 27.6. The number of nitrogens with zero attached hydrogens (tertiary/aromatic N) is 2. The molecule has 1 aliphatic rings. The number of piperazine rings is 1. The van der Waals surface area contributed by atoms with Crippen LogP contribution in [0.15, 0.2) is 30.3 Å². The van der Waals surface area contributed by atoms with Crippen LogP contribution in [0.25, 0.3) is 0 Å². The summed E-state index contributed by atoms with van der Waals surface area (Å²) in [5.74, 6) is -0.0918. The van der Waals surface area contributed by atoms with Crippen LogP contribution in [0.1, 0.15) is 5.56 Å². The van der Waals surface area contributed by atoms with Gasteiger partial charge in [-0.3, -0.25) is 9.59 Å². The minimum Gasteiger partial charge on any atom is -0.375 e. The highest BCUT2D eigenvalue weighted by molar-refractivity contribution is 5.85. The molecule has 0 bridgehead atoms. The average Bonchev–Trinajstić information content (AvgIpc) is 2.55. The largest absolute Gasteiger partial charge is 0.375 e. The standard InChI is InChI=1S/C16H23N3O3.ClH/c1-22-12-15(20)18-7-9-19(10-8-18)16(21)14(17)11-13-5-3-2-4-6-13;/h2-6,14H,7-12,17H2,1H3;1H/t14-;/m0./s1. The van der Waals surface area contributed by atoms with Gasteiger partial charge in [0.15, 0.2) is 0 Å². The second-order valence-corrected chi connectivity index (χ2v) is 5.44. The highest BCUT2D eigenvalue weighted by atomic mass is 35.5. The van der Waals surface area contributed by atoms with Gasteiger partial charge in [-0.25, -0.2) is 0 Å². The van der Waals surface area contributed by atoms with Gasteiger partial charge < -0.3 is 20.3 Å². The zero-order valence-corrected chi connectivity index (χ0v) is 14.1. The normalized spacial score (nSPS) is 15.7. The topological polar surface area (TPSA) is 75.9 Å². The summed E-state index contributed by atoms with van der Waals surface area (Å²) in [6.07, 6.45) is 0.530. The fraction of sp³-hybridized carbons (Fsp3) is 0.500. The van der Waals surface area contributed by atoms with Crippen molar-refractivity contribution in [3.8, 4) is 0 Å². The third-order valence-corrected chi connectivity index (χ3v) is 3.83. The predicted octanol–water partition coefficient (Wildman–Crippen LogP) is 0.295. The van der Waals surface area contributed by atoms with E-state index in [2.05, 4.69) is 0 Å². The van der Waals surface area contributed by atoms with E-state index in [1.54, 1.807) is 9.80 Å². The van der Waals surface area contributed by atoms with E-state index in [4.69, 9.17) is 10.5 Å². The number of amides is 2. The Bertz CT molecular complexity index is 505. The minimum absolute atomic E-state index is 0. The Morgan fingerprint density at radius 1 is 1.13 bits per heavy atom. The Kier molecular flexibility index (Phi) is 8.02. The van der Waals surface area contributed by atoms with E-state index in [1.165, 1.54) is 7.11 Å². The maximum absolute atomic E-state index is 12.4. The second-order valence-electron chi connectivity index (χ2n) is 5.44. The fourth-order valence-electron chi connectivity index (χ4n) is 2.58. The first kappa shape index (κ1) is 19.4.